The largest absolute Gasteiger partial charge is 0.487 e. The van der Waals surface area contributed by atoms with Crippen LogP contribution in [0.1, 0.15) is 17.7 Å². The van der Waals surface area contributed by atoms with Gasteiger partial charge in [-0.3, -0.25) is 0 Å². The first kappa shape index (κ1) is 19.1. The van der Waals surface area contributed by atoms with E-state index in [2.05, 4.69) is 50.9 Å². The van der Waals surface area contributed by atoms with Crippen LogP contribution in [0.3, 0.4) is 0 Å². The summed E-state index contributed by atoms with van der Waals surface area (Å²) in [5, 5.41) is 2.37. The second-order valence-corrected chi connectivity index (χ2v) is 7.54. The lowest BCUT2D eigenvalue weighted by molar-refractivity contribution is 0.301. The van der Waals surface area contributed by atoms with Crippen molar-refractivity contribution in [3.05, 3.63) is 103 Å². The van der Waals surface area contributed by atoms with Gasteiger partial charge in [0.2, 0.25) is 5.89 Å². The van der Waals surface area contributed by atoms with Gasteiger partial charge in [0.1, 0.15) is 24.3 Å². The molecule has 0 atom stereocenters. The number of imidazole rings is 1. The van der Waals surface area contributed by atoms with Crippen LogP contribution in [0.25, 0.3) is 22.2 Å². The van der Waals surface area contributed by atoms with Crippen LogP contribution in [0.4, 0.5) is 0 Å². The fourth-order valence-electron chi connectivity index (χ4n) is 3.62. The molecule has 2 aromatic heterocycles. The first-order valence-electron chi connectivity index (χ1n) is 10.4. The van der Waals surface area contributed by atoms with E-state index in [0.717, 1.165) is 36.4 Å². The fraction of sp³-hybridized carbons (Fsp3) is 0.154. The Hall–Kier alpha value is -3.86. The zero-order chi connectivity index (χ0) is 20.9. The predicted molar refractivity (Wildman–Crippen MR) is 121 cm³/mol. The van der Waals surface area contributed by atoms with Gasteiger partial charge in [0.15, 0.2) is 0 Å². The number of oxazole rings is 1. The summed E-state index contributed by atoms with van der Waals surface area (Å²) in [6.07, 6.45) is 9.42. The molecule has 0 N–H and O–H groups in total. The smallest absolute Gasteiger partial charge is 0.226 e. The summed E-state index contributed by atoms with van der Waals surface area (Å²) in [6.45, 7) is 1.35. The third-order valence-electron chi connectivity index (χ3n) is 5.30. The van der Waals surface area contributed by atoms with Gasteiger partial charge in [-0.25, -0.2) is 9.97 Å². The third kappa shape index (κ3) is 4.67. The second-order valence-electron chi connectivity index (χ2n) is 7.54. The van der Waals surface area contributed by atoms with Crippen molar-refractivity contribution in [2.45, 2.75) is 26.0 Å². The predicted octanol–water partition coefficient (Wildman–Crippen LogP) is 5.90. The summed E-state index contributed by atoms with van der Waals surface area (Å²) in [5.41, 5.74) is 3.03. The molecular formula is C26H23N3O2. The highest BCUT2D eigenvalue weighted by Gasteiger charge is 2.08. The maximum atomic E-state index is 5.89. The van der Waals surface area contributed by atoms with Gasteiger partial charge in [-0.1, -0.05) is 42.5 Å². The highest BCUT2D eigenvalue weighted by atomic mass is 16.5. The molecule has 0 aliphatic heterocycles. The van der Waals surface area contributed by atoms with E-state index in [1.807, 2.05) is 49.1 Å². The van der Waals surface area contributed by atoms with E-state index < -0.39 is 0 Å². The number of hydrogen-bond acceptors (Lipinski definition) is 4. The summed E-state index contributed by atoms with van der Waals surface area (Å²) in [5.74, 6) is 1.44. The van der Waals surface area contributed by atoms with Gasteiger partial charge in [0.25, 0.3) is 0 Å². The molecular weight excluding hydrogens is 386 g/mol. The average Bonchev–Trinajstić information content (AvgIpc) is 3.51. The van der Waals surface area contributed by atoms with Crippen molar-refractivity contribution < 1.29 is 9.15 Å². The van der Waals surface area contributed by atoms with E-state index in [4.69, 9.17) is 9.15 Å². The molecule has 0 fully saturated rings. The van der Waals surface area contributed by atoms with Crippen LogP contribution in [0.15, 0.2) is 96.1 Å². The van der Waals surface area contributed by atoms with E-state index in [-0.39, 0.29) is 0 Å². The molecule has 5 rings (SSSR count). The molecule has 0 radical (unpaired) electrons. The SMILES string of the molecule is c1ccc2cc(-c3nc(COc4ccc(CCCn5ccnc5)cc4)co3)ccc2c1. The third-order valence-corrected chi connectivity index (χ3v) is 5.30. The molecule has 0 amide bonds. The lowest BCUT2D eigenvalue weighted by atomic mass is 10.1. The number of aromatic nitrogens is 3. The van der Waals surface area contributed by atoms with Crippen molar-refractivity contribution >= 4 is 10.8 Å². The number of fused-ring (bicyclic) bond motifs is 1. The van der Waals surface area contributed by atoms with Gasteiger partial charge >= 0.3 is 0 Å². The van der Waals surface area contributed by atoms with Crippen LogP contribution in [0.2, 0.25) is 0 Å². The molecule has 5 heteroatoms. The van der Waals surface area contributed by atoms with E-state index >= 15 is 0 Å². The molecule has 154 valence electrons. The standard InChI is InChI=1S/C26H23N3O2/c1-2-6-22-16-23(10-9-21(22)5-1)26-28-24(18-31-26)17-30-25-11-7-20(8-12-25)4-3-14-29-15-13-27-19-29/h1-2,5-13,15-16,18-19H,3-4,14,17H2. The average molecular weight is 409 g/mol. The number of hydrogen-bond donors (Lipinski definition) is 0. The molecule has 0 unspecified atom stereocenters. The molecule has 2 heterocycles. The Morgan fingerprint density at radius 2 is 1.81 bits per heavy atom. The molecule has 0 aliphatic carbocycles. The van der Waals surface area contributed by atoms with Crippen molar-refractivity contribution in [1.29, 1.82) is 0 Å². The van der Waals surface area contributed by atoms with Gasteiger partial charge in [-0.05, 0) is 53.4 Å². The van der Waals surface area contributed by atoms with E-state index in [1.165, 1.54) is 16.3 Å². The number of benzene rings is 3. The number of ether oxygens (including phenoxy) is 1. The molecule has 5 aromatic rings. The molecule has 3 aromatic carbocycles. The first-order valence-corrected chi connectivity index (χ1v) is 10.4. The Balaban J connectivity index is 1.16. The number of rotatable bonds is 8. The topological polar surface area (TPSA) is 53.1 Å². The molecule has 0 spiro atoms. The normalized spacial score (nSPS) is 11.1. The minimum absolute atomic E-state index is 0.372. The van der Waals surface area contributed by atoms with Gasteiger partial charge in [-0.15, -0.1) is 0 Å². The summed E-state index contributed by atoms with van der Waals surface area (Å²) < 4.78 is 13.7. The highest BCUT2D eigenvalue weighted by molar-refractivity contribution is 5.86. The molecule has 0 aliphatic rings. The van der Waals surface area contributed by atoms with Crippen LogP contribution in [0.5, 0.6) is 5.75 Å². The van der Waals surface area contributed by atoms with Crippen molar-refractivity contribution in [1.82, 2.24) is 14.5 Å². The lowest BCUT2D eigenvalue weighted by Gasteiger charge is -2.06. The minimum Gasteiger partial charge on any atom is -0.487 e. The van der Waals surface area contributed by atoms with Crippen molar-refractivity contribution in [3.8, 4) is 17.2 Å². The number of nitrogens with zero attached hydrogens (tertiary/aromatic N) is 3. The zero-order valence-electron chi connectivity index (χ0n) is 17.1. The molecule has 5 nitrogen and oxygen atoms in total. The van der Waals surface area contributed by atoms with Gasteiger partial charge in [0.05, 0.1) is 6.33 Å². The second kappa shape index (κ2) is 8.88. The quantitative estimate of drug-likeness (QED) is 0.320. The van der Waals surface area contributed by atoms with Crippen LogP contribution < -0.4 is 4.74 Å². The number of aryl methyl sites for hydroxylation is 2. The monoisotopic (exact) mass is 409 g/mol. The van der Waals surface area contributed by atoms with E-state index in [9.17, 15) is 0 Å². The lowest BCUT2D eigenvalue weighted by Crippen LogP contribution is -1.98. The van der Waals surface area contributed by atoms with Crippen LogP contribution >= 0.6 is 0 Å². The molecule has 0 saturated carbocycles. The maximum Gasteiger partial charge on any atom is 0.226 e. The molecule has 0 saturated heterocycles. The Bertz CT molecular complexity index is 1260. The van der Waals surface area contributed by atoms with Crippen LogP contribution in [0, 0.1) is 0 Å². The maximum absolute atomic E-state index is 5.89. The van der Waals surface area contributed by atoms with Crippen molar-refractivity contribution in [3.63, 3.8) is 0 Å². The van der Waals surface area contributed by atoms with Crippen molar-refractivity contribution in [2.75, 3.05) is 0 Å². The summed E-state index contributed by atoms with van der Waals surface area (Å²) >= 11 is 0. The Labute approximate surface area is 181 Å². The molecule has 0 bridgehead atoms. The minimum atomic E-state index is 0.372. The molecule has 31 heavy (non-hydrogen) atoms. The van der Waals surface area contributed by atoms with Crippen LogP contribution in [-0.2, 0) is 19.6 Å². The Morgan fingerprint density at radius 3 is 2.65 bits per heavy atom. The van der Waals surface area contributed by atoms with Gasteiger partial charge < -0.3 is 13.7 Å². The first-order chi connectivity index (χ1) is 15.3. The Morgan fingerprint density at radius 1 is 0.935 bits per heavy atom. The van der Waals surface area contributed by atoms with Gasteiger partial charge in [-0.2, -0.15) is 0 Å². The van der Waals surface area contributed by atoms with E-state index in [0.29, 0.717) is 12.5 Å². The van der Waals surface area contributed by atoms with E-state index in [1.54, 1.807) is 6.26 Å². The fourth-order valence-corrected chi connectivity index (χ4v) is 3.62. The van der Waals surface area contributed by atoms with Crippen LogP contribution in [-0.4, -0.2) is 14.5 Å². The summed E-state index contributed by atoms with van der Waals surface area (Å²) in [6, 6.07) is 22.7. The van der Waals surface area contributed by atoms with Crippen molar-refractivity contribution in [2.24, 2.45) is 0 Å². The summed E-state index contributed by atoms with van der Waals surface area (Å²) in [4.78, 5) is 8.66. The highest BCUT2D eigenvalue weighted by Crippen LogP contribution is 2.24. The Kier molecular flexibility index (Phi) is 5.48. The zero-order valence-corrected chi connectivity index (χ0v) is 17.1. The van der Waals surface area contributed by atoms with Gasteiger partial charge in [0, 0.05) is 24.5 Å². The summed E-state index contributed by atoms with van der Waals surface area (Å²) in [7, 11) is 0.